The van der Waals surface area contributed by atoms with Crippen LogP contribution in [0.4, 0.5) is 4.79 Å². The van der Waals surface area contributed by atoms with Crippen LogP contribution in [0.15, 0.2) is 103 Å². The Morgan fingerprint density at radius 3 is 2.18 bits per heavy atom. The Hall–Kier alpha value is -4.96. The van der Waals surface area contributed by atoms with Gasteiger partial charge in [0.1, 0.15) is 19.3 Å². The van der Waals surface area contributed by atoms with Gasteiger partial charge in [0.15, 0.2) is 0 Å². The molecule has 4 atom stereocenters. The van der Waals surface area contributed by atoms with Crippen molar-refractivity contribution < 1.29 is 33.8 Å². The van der Waals surface area contributed by atoms with Gasteiger partial charge >= 0.3 is 12.1 Å². The quantitative estimate of drug-likeness (QED) is 0.201. The molecule has 0 saturated carbocycles. The van der Waals surface area contributed by atoms with Crippen molar-refractivity contribution in [1.29, 1.82) is 0 Å². The number of alkyl carbamates (subject to hydrolysis) is 1. The van der Waals surface area contributed by atoms with E-state index < -0.39 is 36.1 Å². The lowest BCUT2D eigenvalue weighted by Crippen LogP contribution is -2.44. The maximum atomic E-state index is 13.5. The van der Waals surface area contributed by atoms with Gasteiger partial charge in [0, 0.05) is 6.42 Å². The number of carbonyl (C=O) groups is 4. The first-order valence-electron chi connectivity index (χ1n) is 15.0. The predicted molar refractivity (Wildman–Crippen MR) is 167 cm³/mol. The van der Waals surface area contributed by atoms with Crippen molar-refractivity contribution in [3.05, 3.63) is 120 Å². The molecule has 0 saturated heterocycles. The first kappa shape index (κ1) is 32.9. The lowest BCUT2D eigenvalue weighted by molar-refractivity contribution is -0.147. The first-order valence-corrected chi connectivity index (χ1v) is 15.0. The number of hydrogen-bond acceptors (Lipinski definition) is 7. The van der Waals surface area contributed by atoms with E-state index in [4.69, 9.17) is 9.47 Å². The summed E-state index contributed by atoms with van der Waals surface area (Å²) < 4.78 is 10.9. The Balaban J connectivity index is 1.45. The first-order chi connectivity index (χ1) is 21.9. The maximum Gasteiger partial charge on any atom is 0.408 e. The minimum absolute atomic E-state index is 0.0403. The van der Waals surface area contributed by atoms with E-state index in [0.29, 0.717) is 12.0 Å². The Morgan fingerprint density at radius 1 is 0.889 bits per heavy atom. The summed E-state index contributed by atoms with van der Waals surface area (Å²) in [5, 5.41) is 18.2. The smallest absolute Gasteiger partial charge is 0.408 e. The normalized spacial score (nSPS) is 19.5. The number of aliphatic hydroxyl groups excluding tert-OH is 1. The van der Waals surface area contributed by atoms with Gasteiger partial charge in [-0.05, 0) is 36.0 Å². The Kier molecular flexibility index (Phi) is 12.7. The highest BCUT2D eigenvalue weighted by Gasteiger charge is 2.28. The van der Waals surface area contributed by atoms with Gasteiger partial charge in [-0.25, -0.2) is 9.59 Å². The molecule has 3 aromatic rings. The van der Waals surface area contributed by atoms with Gasteiger partial charge in [-0.1, -0.05) is 103 Å². The number of nitrogens with one attached hydrogen (secondary N) is 3. The summed E-state index contributed by atoms with van der Waals surface area (Å²) in [5.41, 5.74) is 2.48. The average molecular weight is 614 g/mol. The minimum Gasteiger partial charge on any atom is -0.462 e. The summed E-state index contributed by atoms with van der Waals surface area (Å²) in [6.45, 7) is -0.391. The molecule has 3 aromatic carbocycles. The van der Waals surface area contributed by atoms with Crippen LogP contribution in [0.3, 0.4) is 0 Å². The van der Waals surface area contributed by atoms with E-state index in [-0.39, 0.29) is 50.9 Å². The number of aliphatic hydroxyl groups is 1. The molecule has 1 aliphatic rings. The Labute approximate surface area is 262 Å². The highest BCUT2D eigenvalue weighted by atomic mass is 16.6. The molecule has 0 aromatic heterocycles. The molecule has 45 heavy (non-hydrogen) atoms. The fourth-order valence-corrected chi connectivity index (χ4v) is 4.93. The second kappa shape index (κ2) is 17.4. The number of esters is 1. The molecule has 0 bridgehead atoms. The molecule has 10 nitrogen and oxygen atoms in total. The van der Waals surface area contributed by atoms with Crippen LogP contribution >= 0.6 is 0 Å². The molecule has 0 unspecified atom stereocenters. The highest BCUT2D eigenvalue weighted by Crippen LogP contribution is 2.19. The molecule has 236 valence electrons. The van der Waals surface area contributed by atoms with Crippen molar-refractivity contribution in [1.82, 2.24) is 16.0 Å². The van der Waals surface area contributed by atoms with E-state index in [1.54, 1.807) is 24.3 Å². The van der Waals surface area contributed by atoms with E-state index in [1.807, 2.05) is 78.9 Å². The zero-order valence-corrected chi connectivity index (χ0v) is 25.0. The Bertz CT molecular complexity index is 1420. The van der Waals surface area contributed by atoms with Gasteiger partial charge in [-0.2, -0.15) is 0 Å². The number of benzene rings is 3. The molecular weight excluding hydrogens is 574 g/mol. The minimum atomic E-state index is -1.03. The second-order valence-electron chi connectivity index (χ2n) is 10.8. The summed E-state index contributed by atoms with van der Waals surface area (Å²) in [5.74, 6) is -2.14. The van der Waals surface area contributed by atoms with Crippen molar-refractivity contribution in [3.8, 4) is 0 Å². The number of amides is 3. The molecule has 3 amide bonds. The number of ether oxygens (including phenoxy) is 2. The molecule has 0 radical (unpaired) electrons. The monoisotopic (exact) mass is 613 g/mol. The SMILES string of the molecule is O=C(C[C@H]1CC=CC[C@@H](NC(=O)OCc2ccccc2)C(=O)OC[C@@H](c2ccccc2)NC1=O)N[C@H](CO)Cc1ccccc1. The van der Waals surface area contributed by atoms with E-state index in [1.165, 1.54) is 0 Å². The molecule has 0 fully saturated rings. The number of rotatable bonds is 10. The van der Waals surface area contributed by atoms with Crippen LogP contribution in [0.5, 0.6) is 0 Å². The largest absolute Gasteiger partial charge is 0.462 e. The number of carbonyl (C=O) groups excluding carboxylic acids is 4. The van der Waals surface area contributed by atoms with Gasteiger partial charge in [-0.3, -0.25) is 9.59 Å². The second-order valence-corrected chi connectivity index (χ2v) is 10.8. The maximum absolute atomic E-state index is 13.5. The van der Waals surface area contributed by atoms with Crippen molar-refractivity contribution >= 4 is 23.9 Å². The van der Waals surface area contributed by atoms with Gasteiger partial charge < -0.3 is 30.5 Å². The van der Waals surface area contributed by atoms with Crippen LogP contribution in [0.1, 0.15) is 42.0 Å². The molecule has 0 spiro atoms. The van der Waals surface area contributed by atoms with Gasteiger partial charge in [0.05, 0.1) is 24.6 Å². The lowest BCUT2D eigenvalue weighted by atomic mass is 9.97. The molecule has 1 aliphatic heterocycles. The van der Waals surface area contributed by atoms with Gasteiger partial charge in [-0.15, -0.1) is 0 Å². The fraction of sp³-hybridized carbons (Fsp3) is 0.314. The van der Waals surface area contributed by atoms with Crippen LogP contribution in [-0.4, -0.2) is 54.3 Å². The van der Waals surface area contributed by atoms with Gasteiger partial charge in [0.2, 0.25) is 11.8 Å². The summed E-state index contributed by atoms with van der Waals surface area (Å²) in [7, 11) is 0. The standard InChI is InChI=1S/C35H39N3O7/c39-22-29(20-25-12-4-1-5-13-25)36-32(40)21-28-18-10-11-19-30(38-35(43)45-23-26-14-6-2-7-15-26)34(42)44-24-31(37-33(28)41)27-16-8-3-9-17-27/h1-17,28-31,39H,18-24H2,(H,36,40)(H,37,41)(H,38,43)/t28-,29+,30-,31+/m1/s1. The van der Waals surface area contributed by atoms with Crippen molar-refractivity contribution in [2.75, 3.05) is 13.2 Å². The van der Waals surface area contributed by atoms with Crippen molar-refractivity contribution in [2.24, 2.45) is 5.92 Å². The summed E-state index contributed by atoms with van der Waals surface area (Å²) >= 11 is 0. The van der Waals surface area contributed by atoms with Crippen molar-refractivity contribution in [3.63, 3.8) is 0 Å². The van der Waals surface area contributed by atoms with Crippen LogP contribution < -0.4 is 16.0 Å². The van der Waals surface area contributed by atoms with Crippen molar-refractivity contribution in [2.45, 2.75) is 50.4 Å². The fourth-order valence-electron chi connectivity index (χ4n) is 4.93. The zero-order valence-electron chi connectivity index (χ0n) is 25.0. The third kappa shape index (κ3) is 10.9. The van der Waals surface area contributed by atoms with E-state index in [0.717, 1.165) is 11.1 Å². The highest BCUT2D eigenvalue weighted by molar-refractivity contribution is 5.86. The topological polar surface area (TPSA) is 143 Å². The summed E-state index contributed by atoms with van der Waals surface area (Å²) in [6.07, 6.45) is 3.26. The summed E-state index contributed by atoms with van der Waals surface area (Å²) in [6, 6.07) is 25.5. The lowest BCUT2D eigenvalue weighted by Gasteiger charge is -2.25. The molecular formula is C35H39N3O7. The third-order valence-corrected chi connectivity index (χ3v) is 7.37. The van der Waals surface area contributed by atoms with E-state index in [2.05, 4.69) is 16.0 Å². The van der Waals surface area contributed by atoms with E-state index in [9.17, 15) is 24.3 Å². The summed E-state index contributed by atoms with van der Waals surface area (Å²) in [4.78, 5) is 52.2. The molecule has 0 aliphatic carbocycles. The molecule has 1 heterocycles. The van der Waals surface area contributed by atoms with Crippen LogP contribution in [-0.2, 0) is 36.9 Å². The molecule has 4 rings (SSSR count). The number of hydrogen-bond donors (Lipinski definition) is 4. The molecule has 4 N–H and O–H groups in total. The Morgan fingerprint density at radius 2 is 1.51 bits per heavy atom. The van der Waals surface area contributed by atoms with Gasteiger partial charge in [0.25, 0.3) is 0 Å². The number of cyclic esters (lactones) is 1. The van der Waals surface area contributed by atoms with Crippen LogP contribution in [0.2, 0.25) is 0 Å². The van der Waals surface area contributed by atoms with E-state index >= 15 is 0 Å². The molecule has 10 heteroatoms. The number of allylic oxidation sites excluding steroid dienone is 1. The average Bonchev–Trinajstić information content (AvgIpc) is 3.06. The predicted octanol–water partition coefficient (Wildman–Crippen LogP) is 3.76. The van der Waals surface area contributed by atoms with Crippen LogP contribution in [0.25, 0.3) is 0 Å². The zero-order chi connectivity index (χ0) is 31.9. The third-order valence-electron chi connectivity index (χ3n) is 7.37. The van der Waals surface area contributed by atoms with Crippen LogP contribution in [0, 0.1) is 5.92 Å².